The molecule has 23 heteroatoms. The van der Waals surface area contributed by atoms with Crippen LogP contribution in [0.25, 0.3) is 0 Å². The van der Waals surface area contributed by atoms with Crippen LogP contribution in [-0.4, -0.2) is 188 Å². The first kappa shape index (κ1) is 66.3. The maximum Gasteiger partial charge on any atom is 0.186 e. The molecule has 16 unspecified atom stereocenters. The summed E-state index contributed by atoms with van der Waals surface area (Å²) in [5.41, 5.74) is 0. The van der Waals surface area contributed by atoms with Crippen LogP contribution in [0.2, 0.25) is 0 Å². The second kappa shape index (κ2) is 35.4. The molecular formula is C40H69N2O18WY2-7. The number of ether oxygens (including phenoxy) is 8. The zero-order valence-electron chi connectivity index (χ0n) is 35.9. The first-order valence-corrected chi connectivity index (χ1v) is 20.0. The molecule has 0 aliphatic carbocycles. The van der Waals surface area contributed by atoms with E-state index in [1.165, 1.54) is 0 Å². The Balaban J connectivity index is 0. The molecule has 12 aliphatic rings. The predicted molar refractivity (Wildman–Crippen MR) is 210 cm³/mol. The van der Waals surface area contributed by atoms with E-state index in [-0.39, 0.29) is 112 Å². The summed E-state index contributed by atoms with van der Waals surface area (Å²) < 4.78 is 44.3. The third kappa shape index (κ3) is 19.2. The fourth-order valence-corrected chi connectivity index (χ4v) is 7.30. The van der Waals surface area contributed by atoms with E-state index in [1.807, 2.05) is 0 Å². The van der Waals surface area contributed by atoms with Crippen LogP contribution < -0.4 is 10.6 Å². The molecule has 12 aliphatic heterocycles. The standard InChI is InChI=1S/2C16H27O9.2C3H5N.C2H5.W.2Y/c2*1-7-8-4-2-3-5-22-15-13(21)11(19)14(9(6-17)24-15)25-16(23-7)12(20)10(8)18;2*1-3-4-2;1-2;;;/h2*7-21H,1-6H2;2*4H,1-2H2;1H2,2H3;;;/q2*-1;2*-2;-1;;;/t2*7?,8?,9?,10?,11?,12?,13?,14?,15-,16+;;;;;;/m11....../s1. The van der Waals surface area contributed by atoms with Crippen LogP contribution in [0.1, 0.15) is 45.4 Å². The maximum absolute atomic E-state index is 10.4. The van der Waals surface area contributed by atoms with Crippen molar-refractivity contribution in [2.24, 2.45) is 11.8 Å². The molecule has 0 saturated carbocycles. The van der Waals surface area contributed by atoms with Gasteiger partial charge >= 0.3 is 0 Å². The van der Waals surface area contributed by atoms with Crippen molar-refractivity contribution in [3.8, 4) is 0 Å². The van der Waals surface area contributed by atoms with Gasteiger partial charge in [0.05, 0.1) is 25.4 Å². The molecule has 12 heterocycles. The first-order chi connectivity index (χ1) is 28.7. The van der Waals surface area contributed by atoms with Crippen LogP contribution in [0.3, 0.4) is 0 Å². The number of hydrogen-bond donors (Lipinski definition) is 12. The first-order valence-electron chi connectivity index (χ1n) is 20.0. The van der Waals surface area contributed by atoms with Gasteiger partial charge in [0.25, 0.3) is 0 Å². The van der Waals surface area contributed by atoms with Crippen LogP contribution in [0, 0.1) is 59.1 Å². The van der Waals surface area contributed by atoms with Crippen molar-refractivity contribution in [2.45, 2.75) is 156 Å². The van der Waals surface area contributed by atoms with Crippen LogP contribution >= 0.6 is 0 Å². The second-order valence-electron chi connectivity index (χ2n) is 14.4. The van der Waals surface area contributed by atoms with Gasteiger partial charge in [-0.1, -0.05) is 25.0 Å². The molecule has 0 aromatic carbocycles. The molecule has 12 saturated heterocycles. The summed E-state index contributed by atoms with van der Waals surface area (Å²) in [4.78, 5) is 0. The average molecular weight is 1230 g/mol. The smallest absolute Gasteiger partial charge is 0.186 e. The Hall–Kier alpha value is 1.26. The van der Waals surface area contributed by atoms with Crippen molar-refractivity contribution in [1.29, 1.82) is 0 Å². The second-order valence-corrected chi connectivity index (χ2v) is 14.4. The van der Waals surface area contributed by atoms with Crippen LogP contribution in [0.5, 0.6) is 0 Å². The van der Waals surface area contributed by atoms with Gasteiger partial charge in [0, 0.05) is 99.7 Å². The fraction of sp³-hybridized carbons (Fsp3) is 0.775. The average Bonchev–Trinajstić information content (AvgIpc) is 3.25. The van der Waals surface area contributed by atoms with E-state index in [0.717, 1.165) is 0 Å². The van der Waals surface area contributed by atoms with Gasteiger partial charge in [-0.15, -0.1) is 0 Å². The molecule has 8 bridgehead atoms. The van der Waals surface area contributed by atoms with Gasteiger partial charge < -0.3 is 133 Å². The van der Waals surface area contributed by atoms with Crippen molar-refractivity contribution in [1.82, 2.24) is 10.6 Å². The summed E-state index contributed by atoms with van der Waals surface area (Å²) in [5.74, 6) is -0.703. The zero-order valence-corrected chi connectivity index (χ0v) is 44.5. The number of hydrogen-bond acceptors (Lipinski definition) is 20. The summed E-state index contributed by atoms with van der Waals surface area (Å²) in [6.45, 7) is 18.7. The van der Waals surface area contributed by atoms with Crippen molar-refractivity contribution in [3.05, 3.63) is 60.4 Å². The number of nitrogens with one attached hydrogen (secondary N) is 2. The quantitative estimate of drug-likeness (QED) is 0.101. The van der Waals surface area contributed by atoms with Gasteiger partial charge in [0.1, 0.15) is 61.0 Å². The minimum Gasteiger partial charge on any atom is -0.713 e. The van der Waals surface area contributed by atoms with Crippen LogP contribution in [-0.2, 0) is 124 Å². The van der Waals surface area contributed by atoms with E-state index >= 15 is 0 Å². The normalized spacial score (nSPS) is 42.1. The van der Waals surface area contributed by atoms with Gasteiger partial charge in [-0.25, -0.2) is 0 Å². The summed E-state index contributed by atoms with van der Waals surface area (Å²) >= 11 is 0. The summed E-state index contributed by atoms with van der Waals surface area (Å²) in [7, 11) is 6.36. The van der Waals surface area contributed by atoms with E-state index < -0.39 is 124 Å². The monoisotopic (exact) mass is 1230 g/mol. The topological polar surface area (TPSA) is 300 Å². The Morgan fingerprint density at radius 2 is 0.810 bits per heavy atom. The van der Waals surface area contributed by atoms with E-state index in [9.17, 15) is 51.1 Å². The SMILES string of the molecule is C=[C-]N[CH2-].C=[C-]N[CH2-].[CH2-]C.[CH2-]C1O[C@H]2OC3C(CO)O[C@@H](OCCCCC1C(O)C2O)C(O)C3O.[CH2-]C1O[C@H]2OC3C(CO)O[C@@H](OCCCCC1C(O)C2O)C(O)C3O.[W].[Y].[Y]. The van der Waals surface area contributed by atoms with E-state index in [1.54, 1.807) is 6.92 Å². The van der Waals surface area contributed by atoms with Crippen LogP contribution in [0.4, 0.5) is 0 Å². The number of aliphatic hydroxyl groups excluding tert-OH is 10. The molecule has 20 nitrogen and oxygen atoms in total. The van der Waals surface area contributed by atoms with E-state index in [2.05, 4.69) is 71.1 Å². The molecule has 0 aromatic heterocycles. The molecule has 63 heavy (non-hydrogen) atoms. The Kier molecular flexibility index (Phi) is 37.2. The Morgan fingerprint density at radius 3 is 1.10 bits per heavy atom. The number of rotatable bonds is 4. The largest absolute Gasteiger partial charge is 0.713 e. The van der Waals surface area contributed by atoms with Gasteiger partial charge in [0.15, 0.2) is 25.2 Å². The van der Waals surface area contributed by atoms with Crippen molar-refractivity contribution in [3.63, 3.8) is 0 Å². The van der Waals surface area contributed by atoms with Gasteiger partial charge in [-0.05, 0) is 37.5 Å². The third-order valence-electron chi connectivity index (χ3n) is 10.6. The van der Waals surface area contributed by atoms with Gasteiger partial charge in [-0.3, -0.25) is 27.3 Å². The molecule has 12 N–H and O–H groups in total. The van der Waals surface area contributed by atoms with Crippen molar-refractivity contribution < 1.29 is 175 Å². The van der Waals surface area contributed by atoms with Gasteiger partial charge in [0.2, 0.25) is 0 Å². The molecule has 2 radical (unpaired) electrons. The predicted octanol–water partition coefficient (Wildman–Crippen LogP) is -2.72. The van der Waals surface area contributed by atoms with Gasteiger partial charge in [-0.2, -0.15) is 6.92 Å². The van der Waals surface area contributed by atoms with Crippen molar-refractivity contribution in [2.75, 3.05) is 26.4 Å². The Bertz CT molecular complexity index is 1100. The molecule has 0 amide bonds. The van der Waals surface area contributed by atoms with Crippen molar-refractivity contribution >= 4 is 0 Å². The molecule has 12 fully saturated rings. The van der Waals surface area contributed by atoms with E-state index in [4.69, 9.17) is 37.9 Å². The molecular weight excluding hydrogens is 1160 g/mol. The minimum absolute atomic E-state index is 0. The maximum atomic E-state index is 10.4. The fourth-order valence-electron chi connectivity index (χ4n) is 7.30. The molecule has 0 aromatic rings. The third-order valence-corrected chi connectivity index (χ3v) is 10.6. The van der Waals surface area contributed by atoms with Crippen LogP contribution in [0.15, 0.2) is 13.2 Å². The summed E-state index contributed by atoms with van der Waals surface area (Å²) in [6, 6.07) is 0. The molecule has 0 spiro atoms. The Morgan fingerprint density at radius 1 is 0.508 bits per heavy atom. The summed E-state index contributed by atoms with van der Waals surface area (Å²) in [6.07, 6.45) is -12.3. The molecule has 366 valence electrons. The minimum atomic E-state index is -1.42. The number of aliphatic hydroxyl groups is 10. The molecule has 20 atom stereocenters. The zero-order chi connectivity index (χ0) is 45.1. The summed E-state index contributed by atoms with van der Waals surface area (Å²) in [5, 5.41) is 106. The van der Waals surface area contributed by atoms with E-state index in [0.29, 0.717) is 38.5 Å². The Labute approximate surface area is 437 Å². The molecule has 12 rings (SSSR count).